The number of nitro benzene ring substituents is 1. The van der Waals surface area contributed by atoms with Gasteiger partial charge in [0.1, 0.15) is 17.4 Å². The van der Waals surface area contributed by atoms with Gasteiger partial charge in [-0.25, -0.2) is 4.98 Å². The first kappa shape index (κ1) is 14.3. The van der Waals surface area contributed by atoms with Crippen molar-refractivity contribution in [3.05, 3.63) is 70.0 Å². The van der Waals surface area contributed by atoms with Crippen molar-refractivity contribution in [2.75, 3.05) is 0 Å². The van der Waals surface area contributed by atoms with E-state index in [1.165, 1.54) is 24.3 Å². The number of nitriles is 1. The number of hydrogen-bond donors (Lipinski definition) is 2. The third kappa shape index (κ3) is 2.61. The van der Waals surface area contributed by atoms with Crippen LogP contribution in [0.5, 0.6) is 0 Å². The maximum atomic E-state index is 10.7. The fourth-order valence-corrected chi connectivity index (χ4v) is 2.17. The Balaban J connectivity index is 2.08. The van der Waals surface area contributed by atoms with Gasteiger partial charge in [0.25, 0.3) is 5.69 Å². The number of aromatic nitrogens is 2. The Kier molecular flexibility index (Phi) is 3.49. The summed E-state index contributed by atoms with van der Waals surface area (Å²) in [6.45, 7) is 0. The van der Waals surface area contributed by atoms with E-state index in [1.54, 1.807) is 6.07 Å². The Morgan fingerprint density at radius 3 is 2.52 bits per heavy atom. The number of imidazole rings is 1. The number of nitrogens with zero attached hydrogens (tertiary/aromatic N) is 3. The van der Waals surface area contributed by atoms with Crippen LogP contribution in [0.15, 0.2) is 48.5 Å². The molecular weight excluding hydrogens is 296 g/mol. The summed E-state index contributed by atoms with van der Waals surface area (Å²) in [5.74, 6) is -0.0500. The molecule has 0 bridgehead atoms. The van der Waals surface area contributed by atoms with Gasteiger partial charge in [0.15, 0.2) is 5.82 Å². The highest BCUT2D eigenvalue weighted by molar-refractivity contribution is 5.94. The molecule has 0 spiro atoms. The summed E-state index contributed by atoms with van der Waals surface area (Å²) in [6, 6.07) is 14.5. The minimum absolute atomic E-state index is 0.0324. The van der Waals surface area contributed by atoms with Gasteiger partial charge in [-0.3, -0.25) is 10.1 Å². The fraction of sp³-hybridized carbons (Fsp3) is 0. The Hall–Kier alpha value is -3.66. The second-order valence-electron chi connectivity index (χ2n) is 4.74. The lowest BCUT2D eigenvalue weighted by atomic mass is 10.1. The number of rotatable bonds is 3. The van der Waals surface area contributed by atoms with E-state index >= 15 is 0 Å². The van der Waals surface area contributed by atoms with E-state index in [4.69, 9.17) is 0 Å². The van der Waals surface area contributed by atoms with Crippen molar-refractivity contribution in [1.82, 2.24) is 9.97 Å². The topological polar surface area (TPSA) is 116 Å². The molecule has 0 fully saturated rings. The van der Waals surface area contributed by atoms with Crippen molar-refractivity contribution in [2.45, 2.75) is 0 Å². The molecule has 0 aliphatic carbocycles. The van der Waals surface area contributed by atoms with Crippen LogP contribution in [0.25, 0.3) is 22.4 Å². The van der Waals surface area contributed by atoms with Crippen molar-refractivity contribution in [1.29, 1.82) is 5.26 Å². The number of fused-ring (bicyclic) bond motifs is 1. The fourth-order valence-electron chi connectivity index (χ4n) is 2.17. The average Bonchev–Trinajstić information content (AvgIpc) is 2.99. The molecule has 2 aromatic carbocycles. The number of nitrogens with one attached hydrogen (secondary N) is 1. The van der Waals surface area contributed by atoms with Crippen molar-refractivity contribution in [2.24, 2.45) is 0 Å². The normalized spacial score (nSPS) is 11.8. The quantitative estimate of drug-likeness (QED) is 0.333. The molecule has 3 rings (SSSR count). The summed E-state index contributed by atoms with van der Waals surface area (Å²) in [5, 5.41) is 30.3. The summed E-state index contributed by atoms with van der Waals surface area (Å²) >= 11 is 0. The van der Waals surface area contributed by atoms with Gasteiger partial charge in [-0.2, -0.15) is 5.26 Å². The van der Waals surface area contributed by atoms with Crippen LogP contribution >= 0.6 is 0 Å². The minimum atomic E-state index is -0.533. The monoisotopic (exact) mass is 306 g/mol. The van der Waals surface area contributed by atoms with Gasteiger partial charge in [-0.15, -0.1) is 0 Å². The Bertz CT molecular complexity index is 932. The Morgan fingerprint density at radius 1 is 1.22 bits per heavy atom. The second-order valence-corrected chi connectivity index (χ2v) is 4.74. The number of aliphatic hydroxyl groups is 1. The maximum Gasteiger partial charge on any atom is 0.269 e. The molecule has 0 amide bonds. The van der Waals surface area contributed by atoms with Crippen molar-refractivity contribution in [3.63, 3.8) is 0 Å². The van der Waals surface area contributed by atoms with Gasteiger partial charge in [-0.05, 0) is 24.3 Å². The van der Waals surface area contributed by atoms with Crippen LogP contribution in [0, 0.1) is 21.4 Å². The molecule has 112 valence electrons. The molecule has 1 aromatic heterocycles. The second kappa shape index (κ2) is 5.61. The predicted molar refractivity (Wildman–Crippen MR) is 84.2 cm³/mol. The molecule has 23 heavy (non-hydrogen) atoms. The highest BCUT2D eigenvalue weighted by Crippen LogP contribution is 2.25. The Labute approximate surface area is 130 Å². The number of hydrogen-bond acceptors (Lipinski definition) is 5. The van der Waals surface area contributed by atoms with Crippen molar-refractivity contribution >= 4 is 28.1 Å². The van der Waals surface area contributed by atoms with E-state index < -0.39 is 4.92 Å². The van der Waals surface area contributed by atoms with Crippen LogP contribution in [0.1, 0.15) is 11.4 Å². The molecule has 7 heteroatoms. The minimum Gasteiger partial charge on any atom is -0.506 e. The standard InChI is InChI=1S/C16H10N4O3/c17-9-12(16-18-13-3-1-2-4-14(13)19-16)15(21)10-5-7-11(8-6-10)20(22)23/h1-8,21H,(H,18,19). The zero-order valence-corrected chi connectivity index (χ0v) is 11.7. The highest BCUT2D eigenvalue weighted by atomic mass is 16.6. The summed E-state index contributed by atoms with van der Waals surface area (Å²) in [5.41, 5.74) is 1.59. The summed E-state index contributed by atoms with van der Waals surface area (Å²) < 4.78 is 0. The van der Waals surface area contributed by atoms with Crippen LogP contribution in [0.2, 0.25) is 0 Å². The van der Waals surface area contributed by atoms with Crippen LogP contribution in [0.3, 0.4) is 0 Å². The average molecular weight is 306 g/mol. The lowest BCUT2D eigenvalue weighted by Crippen LogP contribution is -1.93. The molecule has 0 aliphatic heterocycles. The van der Waals surface area contributed by atoms with Gasteiger partial charge in [-0.1, -0.05) is 12.1 Å². The van der Waals surface area contributed by atoms with Gasteiger partial charge >= 0.3 is 0 Å². The summed E-state index contributed by atoms with van der Waals surface area (Å²) in [7, 11) is 0. The molecule has 0 atom stereocenters. The predicted octanol–water partition coefficient (Wildman–Crippen LogP) is 3.42. The summed E-state index contributed by atoms with van der Waals surface area (Å²) in [6.07, 6.45) is 0. The van der Waals surface area contributed by atoms with Gasteiger partial charge < -0.3 is 10.1 Å². The number of benzene rings is 2. The molecular formula is C16H10N4O3. The molecule has 0 unspecified atom stereocenters. The van der Waals surface area contributed by atoms with Crippen LogP contribution in [-0.2, 0) is 0 Å². The molecule has 1 heterocycles. The SMILES string of the molecule is N#CC(=C(O)c1ccc([N+](=O)[O-])cc1)c1nc2ccccc2[nH]1. The molecule has 2 N–H and O–H groups in total. The van der Waals surface area contributed by atoms with E-state index in [0.717, 1.165) is 5.52 Å². The molecule has 3 aromatic rings. The number of allylic oxidation sites excluding steroid dienone is 1. The van der Waals surface area contributed by atoms with Gasteiger partial charge in [0, 0.05) is 17.7 Å². The number of aliphatic hydroxyl groups excluding tert-OH is 1. The molecule has 0 saturated carbocycles. The van der Waals surface area contributed by atoms with E-state index in [9.17, 15) is 20.5 Å². The number of non-ortho nitro benzene ring substituents is 1. The van der Waals surface area contributed by atoms with E-state index in [-0.39, 0.29) is 22.8 Å². The Morgan fingerprint density at radius 2 is 1.91 bits per heavy atom. The number of aromatic amines is 1. The lowest BCUT2D eigenvalue weighted by Gasteiger charge is -2.02. The van der Waals surface area contributed by atoms with Crippen LogP contribution in [0.4, 0.5) is 5.69 Å². The first-order valence-electron chi connectivity index (χ1n) is 6.63. The lowest BCUT2D eigenvalue weighted by molar-refractivity contribution is -0.384. The number of H-pyrrole nitrogens is 1. The van der Waals surface area contributed by atoms with Crippen molar-refractivity contribution in [3.8, 4) is 6.07 Å². The van der Waals surface area contributed by atoms with Gasteiger partial charge in [0.2, 0.25) is 0 Å². The van der Waals surface area contributed by atoms with E-state index in [0.29, 0.717) is 11.1 Å². The zero-order chi connectivity index (χ0) is 16.4. The van der Waals surface area contributed by atoms with E-state index in [2.05, 4.69) is 9.97 Å². The zero-order valence-electron chi connectivity index (χ0n) is 11.7. The molecule has 0 aliphatic rings. The third-order valence-corrected chi connectivity index (χ3v) is 3.33. The number of para-hydroxylation sites is 2. The summed E-state index contributed by atoms with van der Waals surface area (Å²) in [4.78, 5) is 17.4. The third-order valence-electron chi connectivity index (χ3n) is 3.33. The first-order chi connectivity index (χ1) is 11.1. The molecule has 0 radical (unpaired) electrons. The van der Waals surface area contributed by atoms with Crippen LogP contribution in [-0.4, -0.2) is 20.0 Å². The number of nitro groups is 1. The van der Waals surface area contributed by atoms with E-state index in [1.807, 2.05) is 24.3 Å². The largest absolute Gasteiger partial charge is 0.506 e. The smallest absolute Gasteiger partial charge is 0.269 e. The molecule has 0 saturated heterocycles. The maximum absolute atomic E-state index is 10.7. The van der Waals surface area contributed by atoms with Crippen molar-refractivity contribution < 1.29 is 10.0 Å². The molecule has 7 nitrogen and oxygen atoms in total. The highest BCUT2D eigenvalue weighted by Gasteiger charge is 2.15. The first-order valence-corrected chi connectivity index (χ1v) is 6.63. The van der Waals surface area contributed by atoms with Crippen LogP contribution < -0.4 is 0 Å². The van der Waals surface area contributed by atoms with Gasteiger partial charge in [0.05, 0.1) is 16.0 Å².